The molecule has 0 bridgehead atoms. The van der Waals surface area contributed by atoms with Gasteiger partial charge in [0.25, 0.3) is 11.5 Å². The lowest BCUT2D eigenvalue weighted by atomic mass is 9.93. The summed E-state index contributed by atoms with van der Waals surface area (Å²) in [4.78, 5) is 48.3. The number of hydrogen-bond acceptors (Lipinski definition) is 4. The van der Waals surface area contributed by atoms with Crippen LogP contribution in [-0.4, -0.2) is 49.4 Å². The van der Waals surface area contributed by atoms with Gasteiger partial charge in [-0.3, -0.25) is 14.4 Å². The number of aryl methyl sites for hydroxylation is 3. The molecule has 1 aliphatic rings. The van der Waals surface area contributed by atoms with Crippen molar-refractivity contribution in [1.82, 2.24) is 19.9 Å². The summed E-state index contributed by atoms with van der Waals surface area (Å²) in [6, 6.07) is 7.32. The van der Waals surface area contributed by atoms with E-state index in [1.165, 1.54) is 4.90 Å². The summed E-state index contributed by atoms with van der Waals surface area (Å²) in [7, 11) is 0. The monoisotopic (exact) mass is 436 g/mol. The number of amides is 1. The number of benzene rings is 1. The highest BCUT2D eigenvalue weighted by molar-refractivity contribution is 5.96. The van der Waals surface area contributed by atoms with Gasteiger partial charge in [-0.15, -0.1) is 0 Å². The molecule has 0 atom stereocenters. The molecule has 1 aliphatic carbocycles. The number of carboxylic acids is 1. The van der Waals surface area contributed by atoms with Crippen LogP contribution in [0.4, 0.5) is 0 Å². The topological polar surface area (TPSA) is 119 Å². The molecule has 1 fully saturated rings. The van der Waals surface area contributed by atoms with Crippen LogP contribution in [0.25, 0.3) is 11.0 Å². The molecule has 32 heavy (non-hydrogen) atoms. The second-order valence-corrected chi connectivity index (χ2v) is 8.50. The van der Waals surface area contributed by atoms with Crippen molar-refractivity contribution in [1.29, 1.82) is 0 Å². The first-order valence-electron chi connectivity index (χ1n) is 11.1. The quantitative estimate of drug-likeness (QED) is 0.525. The Morgan fingerprint density at radius 3 is 2.53 bits per heavy atom. The molecule has 3 aromatic rings. The molecule has 2 aromatic heterocycles. The van der Waals surface area contributed by atoms with Crippen molar-refractivity contribution >= 4 is 22.9 Å². The van der Waals surface area contributed by atoms with Crippen LogP contribution in [0.1, 0.15) is 59.4 Å². The molecule has 1 amide bonds. The minimum Gasteiger partial charge on any atom is -0.480 e. The van der Waals surface area contributed by atoms with Crippen molar-refractivity contribution < 1.29 is 14.7 Å². The third-order valence-corrected chi connectivity index (χ3v) is 6.21. The first kappa shape index (κ1) is 21.8. The van der Waals surface area contributed by atoms with Gasteiger partial charge in [-0.1, -0.05) is 31.4 Å². The highest BCUT2D eigenvalue weighted by Gasteiger charge is 2.28. The van der Waals surface area contributed by atoms with Gasteiger partial charge in [-0.05, 0) is 55.9 Å². The van der Waals surface area contributed by atoms with Crippen molar-refractivity contribution in [2.45, 2.75) is 57.9 Å². The number of hydrogen-bond donors (Lipinski definition) is 3. The molecular weight excluding hydrogens is 408 g/mol. The lowest BCUT2D eigenvalue weighted by molar-refractivity contribution is -0.138. The summed E-state index contributed by atoms with van der Waals surface area (Å²) in [5.74, 6) is -0.643. The summed E-state index contributed by atoms with van der Waals surface area (Å²) >= 11 is 0. The summed E-state index contributed by atoms with van der Waals surface area (Å²) in [6.45, 7) is 1.48. The third-order valence-electron chi connectivity index (χ3n) is 6.21. The maximum absolute atomic E-state index is 13.1. The molecule has 4 rings (SSSR count). The molecule has 2 heterocycles. The minimum atomic E-state index is -0.987. The van der Waals surface area contributed by atoms with Crippen LogP contribution in [0.5, 0.6) is 0 Å². The van der Waals surface area contributed by atoms with Crippen LogP contribution in [0.2, 0.25) is 0 Å². The number of nitrogens with zero attached hydrogens (tertiary/aromatic N) is 2. The average molecular weight is 437 g/mol. The smallest absolute Gasteiger partial charge is 0.323 e. The van der Waals surface area contributed by atoms with Gasteiger partial charge in [0.15, 0.2) is 0 Å². The number of aromatic nitrogens is 3. The van der Waals surface area contributed by atoms with E-state index in [0.717, 1.165) is 43.2 Å². The van der Waals surface area contributed by atoms with E-state index in [2.05, 4.69) is 15.0 Å². The summed E-state index contributed by atoms with van der Waals surface area (Å²) in [5, 5.41) is 9.88. The molecule has 8 heteroatoms. The maximum atomic E-state index is 13.1. The Hall–Kier alpha value is -3.42. The van der Waals surface area contributed by atoms with Gasteiger partial charge in [0.2, 0.25) is 0 Å². The predicted molar refractivity (Wildman–Crippen MR) is 121 cm³/mol. The molecule has 1 aromatic carbocycles. The summed E-state index contributed by atoms with van der Waals surface area (Å²) in [6.07, 6.45) is 8.09. The van der Waals surface area contributed by atoms with Crippen LogP contribution in [-0.2, 0) is 17.6 Å². The van der Waals surface area contributed by atoms with Gasteiger partial charge in [-0.25, -0.2) is 4.98 Å². The zero-order valence-corrected chi connectivity index (χ0v) is 18.2. The number of aromatic amines is 2. The van der Waals surface area contributed by atoms with E-state index in [9.17, 15) is 19.5 Å². The standard InChI is InChI=1S/C24H28N4O4/c1-15-26-22-21(23(31)27-15)18(13-25-22)12-9-16-7-10-17(11-8-16)24(32)28(14-20(29)30)19-5-3-2-4-6-19/h7-8,10-11,13,19H,2-6,9,12,14H2,1H3,(H,29,30)(H2,25,26,27,31). The van der Waals surface area contributed by atoms with Crippen LogP contribution >= 0.6 is 0 Å². The first-order chi connectivity index (χ1) is 15.4. The van der Waals surface area contributed by atoms with Crippen molar-refractivity contribution in [3.05, 3.63) is 63.3 Å². The predicted octanol–water partition coefficient (Wildman–Crippen LogP) is 3.20. The van der Waals surface area contributed by atoms with E-state index in [4.69, 9.17) is 0 Å². The Morgan fingerprint density at radius 2 is 1.84 bits per heavy atom. The zero-order chi connectivity index (χ0) is 22.7. The van der Waals surface area contributed by atoms with Crippen molar-refractivity contribution in [3.63, 3.8) is 0 Å². The zero-order valence-electron chi connectivity index (χ0n) is 18.2. The van der Waals surface area contributed by atoms with Gasteiger partial charge in [-0.2, -0.15) is 0 Å². The minimum absolute atomic E-state index is 0.00997. The molecule has 3 N–H and O–H groups in total. The molecule has 0 saturated heterocycles. The fourth-order valence-corrected chi connectivity index (χ4v) is 4.58. The van der Waals surface area contributed by atoms with Crippen molar-refractivity contribution in [2.75, 3.05) is 6.54 Å². The first-order valence-corrected chi connectivity index (χ1v) is 11.1. The largest absolute Gasteiger partial charge is 0.480 e. The fourth-order valence-electron chi connectivity index (χ4n) is 4.58. The van der Waals surface area contributed by atoms with E-state index in [1.54, 1.807) is 19.1 Å². The molecule has 168 valence electrons. The number of fused-ring (bicyclic) bond motifs is 1. The molecule has 8 nitrogen and oxygen atoms in total. The molecule has 0 radical (unpaired) electrons. The highest BCUT2D eigenvalue weighted by Crippen LogP contribution is 2.24. The lowest BCUT2D eigenvalue weighted by Crippen LogP contribution is -2.44. The van der Waals surface area contributed by atoms with Gasteiger partial charge in [0.1, 0.15) is 18.0 Å². The van der Waals surface area contributed by atoms with Gasteiger partial charge in [0, 0.05) is 17.8 Å². The highest BCUT2D eigenvalue weighted by atomic mass is 16.4. The van der Waals surface area contributed by atoms with E-state index in [0.29, 0.717) is 35.3 Å². The Bertz CT molecular complexity index is 1170. The fraction of sp³-hybridized carbons (Fsp3) is 0.417. The normalized spacial score (nSPS) is 14.5. The molecule has 0 spiro atoms. The second kappa shape index (κ2) is 9.38. The van der Waals surface area contributed by atoms with Crippen LogP contribution in [0.15, 0.2) is 35.3 Å². The number of aliphatic carboxylic acids is 1. The number of H-pyrrole nitrogens is 2. The van der Waals surface area contributed by atoms with E-state index in [-0.39, 0.29) is 24.1 Å². The third kappa shape index (κ3) is 4.74. The Kier molecular flexibility index (Phi) is 6.39. The number of carboxylic acid groups (broad SMARTS) is 1. The Labute approximate surface area is 185 Å². The van der Waals surface area contributed by atoms with Gasteiger partial charge >= 0.3 is 5.97 Å². The molecular formula is C24H28N4O4. The lowest BCUT2D eigenvalue weighted by Gasteiger charge is -2.33. The van der Waals surface area contributed by atoms with Gasteiger partial charge in [0.05, 0.1) is 5.39 Å². The van der Waals surface area contributed by atoms with Crippen molar-refractivity contribution in [3.8, 4) is 0 Å². The van der Waals surface area contributed by atoms with Crippen molar-refractivity contribution in [2.24, 2.45) is 0 Å². The number of rotatable bonds is 7. The molecule has 1 saturated carbocycles. The Morgan fingerprint density at radius 1 is 1.12 bits per heavy atom. The van der Waals surface area contributed by atoms with Crippen LogP contribution in [0.3, 0.4) is 0 Å². The van der Waals surface area contributed by atoms with E-state index in [1.807, 2.05) is 18.3 Å². The number of nitrogens with one attached hydrogen (secondary N) is 2. The summed E-state index contributed by atoms with van der Waals surface area (Å²) < 4.78 is 0. The SMILES string of the molecule is Cc1nc2[nH]cc(CCc3ccc(C(=O)N(CC(=O)O)C4CCCCC4)cc3)c2c(=O)[nH]1. The van der Waals surface area contributed by atoms with Gasteiger partial charge < -0.3 is 20.0 Å². The van der Waals surface area contributed by atoms with Crippen LogP contribution in [0, 0.1) is 6.92 Å². The number of carbonyl (C=O) groups is 2. The second-order valence-electron chi connectivity index (χ2n) is 8.50. The van der Waals surface area contributed by atoms with E-state index >= 15 is 0 Å². The average Bonchev–Trinajstić information content (AvgIpc) is 3.19. The molecule has 0 unspecified atom stereocenters. The number of carbonyl (C=O) groups excluding carboxylic acids is 1. The molecule has 0 aliphatic heterocycles. The summed E-state index contributed by atoms with van der Waals surface area (Å²) in [5.41, 5.74) is 2.88. The van der Waals surface area contributed by atoms with Crippen LogP contribution < -0.4 is 5.56 Å². The maximum Gasteiger partial charge on any atom is 0.323 e. The Balaban J connectivity index is 1.46. The van der Waals surface area contributed by atoms with E-state index < -0.39 is 5.97 Å².